The molecule has 0 amide bonds. The molecule has 1 nitrogen and oxygen atoms in total. The first-order chi connectivity index (χ1) is 7.80. The van der Waals surface area contributed by atoms with Gasteiger partial charge in [-0.2, -0.15) is 0 Å². The number of hydrogen-bond acceptors (Lipinski definition) is 2. The minimum Gasteiger partial charge on any atom is -0.294 e. The fourth-order valence-corrected chi connectivity index (χ4v) is 3.22. The van der Waals surface area contributed by atoms with E-state index >= 15 is 0 Å². The van der Waals surface area contributed by atoms with E-state index < -0.39 is 0 Å². The Bertz CT molecular complexity index is 585. The third kappa shape index (κ3) is 2.14. The summed E-state index contributed by atoms with van der Waals surface area (Å²) in [5.74, 6) is 0.166. The standard InChI is InChI=1S/C15H18OS/c1-9(16)14-10(2)17-13-7-6-11(8-12(13)14)15(3,4)5/h6-8H,1-5H3. The van der Waals surface area contributed by atoms with Gasteiger partial charge in [-0.3, -0.25) is 4.79 Å². The summed E-state index contributed by atoms with van der Waals surface area (Å²) < 4.78 is 1.21. The van der Waals surface area contributed by atoms with Crippen molar-refractivity contribution in [3.8, 4) is 0 Å². The lowest BCUT2D eigenvalue weighted by atomic mass is 9.86. The Balaban J connectivity index is 2.75. The van der Waals surface area contributed by atoms with Crippen LogP contribution in [-0.2, 0) is 5.41 Å². The molecule has 0 fully saturated rings. The molecule has 17 heavy (non-hydrogen) atoms. The summed E-state index contributed by atoms with van der Waals surface area (Å²) in [5.41, 5.74) is 2.30. The van der Waals surface area contributed by atoms with Gasteiger partial charge in [0, 0.05) is 20.5 Å². The lowest BCUT2D eigenvalue weighted by Crippen LogP contribution is -2.10. The average Bonchev–Trinajstić information content (AvgIpc) is 2.50. The minimum absolute atomic E-state index is 0.123. The Morgan fingerprint density at radius 1 is 1.24 bits per heavy atom. The van der Waals surface area contributed by atoms with E-state index in [1.807, 2.05) is 6.92 Å². The highest BCUT2D eigenvalue weighted by Crippen LogP contribution is 2.34. The normalized spacial score (nSPS) is 12.1. The zero-order valence-electron chi connectivity index (χ0n) is 11.0. The summed E-state index contributed by atoms with van der Waals surface area (Å²) in [6.45, 7) is 10.3. The molecule has 0 N–H and O–H groups in total. The van der Waals surface area contributed by atoms with Crippen molar-refractivity contribution in [1.82, 2.24) is 0 Å². The molecule has 0 radical (unpaired) electrons. The van der Waals surface area contributed by atoms with Gasteiger partial charge >= 0.3 is 0 Å². The van der Waals surface area contributed by atoms with Gasteiger partial charge in [0.1, 0.15) is 0 Å². The number of hydrogen-bond donors (Lipinski definition) is 0. The van der Waals surface area contributed by atoms with Crippen LogP contribution < -0.4 is 0 Å². The van der Waals surface area contributed by atoms with E-state index in [1.54, 1.807) is 18.3 Å². The zero-order valence-corrected chi connectivity index (χ0v) is 11.9. The van der Waals surface area contributed by atoms with Gasteiger partial charge in [-0.15, -0.1) is 11.3 Å². The molecular weight excluding hydrogens is 228 g/mol. The quantitative estimate of drug-likeness (QED) is 0.666. The molecule has 0 aliphatic rings. The molecule has 2 rings (SSSR count). The molecule has 0 saturated heterocycles. The van der Waals surface area contributed by atoms with Crippen molar-refractivity contribution in [3.05, 3.63) is 34.2 Å². The molecule has 90 valence electrons. The Morgan fingerprint density at radius 3 is 2.41 bits per heavy atom. The van der Waals surface area contributed by atoms with E-state index in [9.17, 15) is 4.79 Å². The van der Waals surface area contributed by atoms with E-state index in [-0.39, 0.29) is 11.2 Å². The lowest BCUT2D eigenvalue weighted by molar-refractivity contribution is 0.101. The molecule has 0 spiro atoms. The van der Waals surface area contributed by atoms with Crippen LogP contribution in [0.4, 0.5) is 0 Å². The Labute approximate surface area is 106 Å². The van der Waals surface area contributed by atoms with Gasteiger partial charge in [-0.25, -0.2) is 0 Å². The first kappa shape index (κ1) is 12.3. The first-order valence-electron chi connectivity index (χ1n) is 5.85. The van der Waals surface area contributed by atoms with Gasteiger partial charge in [0.15, 0.2) is 5.78 Å². The van der Waals surface area contributed by atoms with Crippen molar-refractivity contribution >= 4 is 27.2 Å². The highest BCUT2D eigenvalue weighted by molar-refractivity contribution is 7.19. The van der Waals surface area contributed by atoms with Crippen molar-refractivity contribution in [1.29, 1.82) is 0 Å². The maximum absolute atomic E-state index is 11.7. The van der Waals surface area contributed by atoms with Gasteiger partial charge < -0.3 is 0 Å². The molecule has 1 aromatic heterocycles. The molecule has 0 aliphatic heterocycles. The molecule has 0 bridgehead atoms. The molecule has 1 aromatic carbocycles. The Hall–Kier alpha value is -1.15. The van der Waals surface area contributed by atoms with Crippen LogP contribution >= 0.6 is 11.3 Å². The number of carbonyl (C=O) groups excluding carboxylic acids is 1. The summed E-state index contributed by atoms with van der Waals surface area (Å²) in [4.78, 5) is 12.8. The second-order valence-corrected chi connectivity index (χ2v) is 6.81. The third-order valence-electron chi connectivity index (χ3n) is 3.08. The Kier molecular flexibility index (Phi) is 2.86. The number of thiophene rings is 1. The average molecular weight is 246 g/mol. The predicted molar refractivity (Wildman–Crippen MR) is 75.3 cm³/mol. The highest BCUT2D eigenvalue weighted by atomic mass is 32.1. The second-order valence-electron chi connectivity index (χ2n) is 5.55. The summed E-state index contributed by atoms with van der Waals surface area (Å²) in [5, 5.41) is 1.12. The topological polar surface area (TPSA) is 17.1 Å². The van der Waals surface area contributed by atoms with Crippen LogP contribution in [0.25, 0.3) is 10.1 Å². The smallest absolute Gasteiger partial charge is 0.161 e. The summed E-state index contributed by atoms with van der Waals surface area (Å²) in [6, 6.07) is 6.48. The fraction of sp³-hybridized carbons (Fsp3) is 0.400. The SMILES string of the molecule is CC(=O)c1c(C)sc2ccc(C(C)(C)C)cc12. The van der Waals surface area contributed by atoms with Gasteiger partial charge in [-0.05, 0) is 37.0 Å². The summed E-state index contributed by atoms with van der Waals surface area (Å²) in [7, 11) is 0. The number of aryl methyl sites for hydroxylation is 1. The minimum atomic E-state index is 0.123. The van der Waals surface area contributed by atoms with E-state index in [1.165, 1.54) is 10.3 Å². The monoisotopic (exact) mass is 246 g/mol. The number of rotatable bonds is 1. The van der Waals surface area contributed by atoms with Crippen molar-refractivity contribution in [2.75, 3.05) is 0 Å². The van der Waals surface area contributed by atoms with Crippen LogP contribution in [0.5, 0.6) is 0 Å². The van der Waals surface area contributed by atoms with Crippen molar-refractivity contribution < 1.29 is 4.79 Å². The number of fused-ring (bicyclic) bond motifs is 1. The zero-order chi connectivity index (χ0) is 12.8. The molecule has 0 atom stereocenters. The molecular formula is C15H18OS. The maximum atomic E-state index is 11.7. The summed E-state index contributed by atoms with van der Waals surface area (Å²) in [6.07, 6.45) is 0. The van der Waals surface area contributed by atoms with Gasteiger partial charge in [0.05, 0.1) is 0 Å². The fourth-order valence-electron chi connectivity index (χ4n) is 2.12. The van der Waals surface area contributed by atoms with Crippen LogP contribution in [0.3, 0.4) is 0 Å². The number of Topliss-reactive ketones (excluding diaryl/α,β-unsaturated/α-hetero) is 1. The van der Waals surface area contributed by atoms with Crippen LogP contribution in [0.1, 0.15) is 48.5 Å². The van der Waals surface area contributed by atoms with Gasteiger partial charge in [-0.1, -0.05) is 26.8 Å². The van der Waals surface area contributed by atoms with E-state index in [0.717, 1.165) is 15.8 Å². The lowest BCUT2D eigenvalue weighted by Gasteiger charge is -2.19. The summed E-state index contributed by atoms with van der Waals surface area (Å²) >= 11 is 1.71. The van der Waals surface area contributed by atoms with Crippen LogP contribution in [0.2, 0.25) is 0 Å². The highest BCUT2D eigenvalue weighted by Gasteiger charge is 2.18. The first-order valence-corrected chi connectivity index (χ1v) is 6.67. The second kappa shape index (κ2) is 3.95. The molecule has 0 unspecified atom stereocenters. The van der Waals surface area contributed by atoms with Crippen molar-refractivity contribution in [2.45, 2.75) is 40.0 Å². The van der Waals surface area contributed by atoms with E-state index in [4.69, 9.17) is 0 Å². The molecule has 0 saturated carbocycles. The molecule has 1 heterocycles. The maximum Gasteiger partial charge on any atom is 0.161 e. The molecule has 2 heteroatoms. The van der Waals surface area contributed by atoms with Crippen molar-refractivity contribution in [2.24, 2.45) is 0 Å². The van der Waals surface area contributed by atoms with Crippen LogP contribution in [0, 0.1) is 6.92 Å². The van der Waals surface area contributed by atoms with Crippen LogP contribution in [0.15, 0.2) is 18.2 Å². The third-order valence-corrected chi connectivity index (χ3v) is 4.17. The number of ketones is 1. The number of carbonyl (C=O) groups is 1. The largest absolute Gasteiger partial charge is 0.294 e. The molecule has 2 aromatic rings. The number of benzene rings is 1. The van der Waals surface area contributed by atoms with Gasteiger partial charge in [0.2, 0.25) is 0 Å². The van der Waals surface area contributed by atoms with Crippen molar-refractivity contribution in [3.63, 3.8) is 0 Å². The van der Waals surface area contributed by atoms with Gasteiger partial charge in [0.25, 0.3) is 0 Å². The van der Waals surface area contributed by atoms with E-state index in [2.05, 4.69) is 39.0 Å². The van der Waals surface area contributed by atoms with Crippen LogP contribution in [-0.4, -0.2) is 5.78 Å². The molecule has 0 aliphatic carbocycles. The Morgan fingerprint density at radius 2 is 1.88 bits per heavy atom. The van der Waals surface area contributed by atoms with E-state index in [0.29, 0.717) is 0 Å². The predicted octanol–water partition coefficient (Wildman–Crippen LogP) is 4.71.